The fourth-order valence-corrected chi connectivity index (χ4v) is 3.23. The van der Waals surface area contributed by atoms with Gasteiger partial charge in [0.1, 0.15) is 6.04 Å². The Kier molecular flexibility index (Phi) is 4.76. The molecule has 6 nitrogen and oxygen atoms in total. The lowest BCUT2D eigenvalue weighted by molar-refractivity contribution is -0.142. The summed E-state index contributed by atoms with van der Waals surface area (Å²) in [7, 11) is 1.52. The van der Waals surface area contributed by atoms with E-state index in [-0.39, 0.29) is 11.9 Å². The number of amides is 1. The molecule has 19 heavy (non-hydrogen) atoms. The third-order valence-corrected chi connectivity index (χ3v) is 4.25. The minimum Gasteiger partial charge on any atom is -0.480 e. The van der Waals surface area contributed by atoms with Crippen molar-refractivity contribution in [2.75, 3.05) is 20.3 Å². The zero-order valence-corrected chi connectivity index (χ0v) is 11.2. The van der Waals surface area contributed by atoms with Crippen LogP contribution in [0.15, 0.2) is 0 Å². The number of nitrogens with one attached hydrogen (secondary N) is 2. The number of aliphatic carboxylic acids is 1. The maximum atomic E-state index is 12.2. The standard InChI is InChI=1S/C13H22N2O4/c1-19-6-5-10(13(17)18)15-12(16)11-9-4-2-3-8(9)7-14-11/h8-11,14H,2-7H2,1H3,(H,15,16)(H,17,18). The van der Waals surface area contributed by atoms with Crippen LogP contribution in [0.25, 0.3) is 0 Å². The Bertz CT molecular complexity index is 348. The Balaban J connectivity index is 1.90. The Morgan fingerprint density at radius 2 is 2.26 bits per heavy atom. The van der Waals surface area contributed by atoms with Crippen molar-refractivity contribution >= 4 is 11.9 Å². The number of carbonyl (C=O) groups excluding carboxylic acids is 1. The van der Waals surface area contributed by atoms with Gasteiger partial charge >= 0.3 is 5.97 Å². The van der Waals surface area contributed by atoms with E-state index in [0.717, 1.165) is 13.0 Å². The number of carboxylic acids is 1. The summed E-state index contributed by atoms with van der Waals surface area (Å²) in [6, 6.07) is -1.09. The van der Waals surface area contributed by atoms with E-state index in [0.29, 0.717) is 24.9 Å². The molecule has 6 heteroatoms. The van der Waals surface area contributed by atoms with Crippen LogP contribution in [0.3, 0.4) is 0 Å². The highest BCUT2D eigenvalue weighted by Gasteiger charge is 2.43. The first kappa shape index (κ1) is 14.3. The van der Waals surface area contributed by atoms with Crippen molar-refractivity contribution in [3.63, 3.8) is 0 Å². The molecule has 1 saturated heterocycles. The van der Waals surface area contributed by atoms with E-state index in [2.05, 4.69) is 10.6 Å². The van der Waals surface area contributed by atoms with Crippen LogP contribution < -0.4 is 10.6 Å². The first-order valence-electron chi connectivity index (χ1n) is 6.89. The third-order valence-electron chi connectivity index (χ3n) is 4.25. The number of fused-ring (bicyclic) bond motifs is 1. The predicted octanol–water partition coefficient (Wildman–Crippen LogP) is -0.0196. The van der Waals surface area contributed by atoms with Crippen molar-refractivity contribution in [3.8, 4) is 0 Å². The monoisotopic (exact) mass is 270 g/mol. The first-order valence-corrected chi connectivity index (χ1v) is 6.89. The van der Waals surface area contributed by atoms with Crippen molar-refractivity contribution in [2.24, 2.45) is 11.8 Å². The van der Waals surface area contributed by atoms with E-state index in [1.807, 2.05) is 0 Å². The van der Waals surface area contributed by atoms with Crippen molar-refractivity contribution in [3.05, 3.63) is 0 Å². The molecule has 1 aliphatic carbocycles. The SMILES string of the molecule is COCCC(NC(=O)C1NCC2CCCC21)C(=O)O. The van der Waals surface area contributed by atoms with E-state index in [4.69, 9.17) is 9.84 Å². The number of carboxylic acid groups (broad SMARTS) is 1. The van der Waals surface area contributed by atoms with Crippen LogP contribution in [0, 0.1) is 11.8 Å². The second kappa shape index (κ2) is 6.34. The highest BCUT2D eigenvalue weighted by molar-refractivity contribution is 5.87. The maximum absolute atomic E-state index is 12.2. The lowest BCUT2D eigenvalue weighted by Crippen LogP contribution is -2.50. The molecule has 0 radical (unpaired) electrons. The van der Waals surface area contributed by atoms with Crippen LogP contribution in [-0.4, -0.2) is 49.3 Å². The van der Waals surface area contributed by atoms with Crippen molar-refractivity contribution in [2.45, 2.75) is 37.8 Å². The predicted molar refractivity (Wildman–Crippen MR) is 68.7 cm³/mol. The van der Waals surface area contributed by atoms with Crippen molar-refractivity contribution in [1.82, 2.24) is 10.6 Å². The Labute approximate surface area is 112 Å². The average Bonchev–Trinajstić information content (AvgIpc) is 2.95. The molecule has 2 rings (SSSR count). The van der Waals surface area contributed by atoms with Gasteiger partial charge in [-0.2, -0.15) is 0 Å². The second-order valence-corrected chi connectivity index (χ2v) is 5.42. The minimum atomic E-state index is -1.01. The Hall–Kier alpha value is -1.14. The molecule has 1 heterocycles. The Morgan fingerprint density at radius 1 is 1.47 bits per heavy atom. The molecule has 3 N–H and O–H groups in total. The summed E-state index contributed by atoms with van der Waals surface area (Å²) in [6.45, 7) is 1.19. The van der Waals surface area contributed by atoms with Gasteiger partial charge in [0.25, 0.3) is 0 Å². The summed E-state index contributed by atoms with van der Waals surface area (Å²) in [4.78, 5) is 23.3. The molecule has 2 aliphatic rings. The lowest BCUT2D eigenvalue weighted by atomic mass is 9.93. The second-order valence-electron chi connectivity index (χ2n) is 5.42. The fraction of sp³-hybridized carbons (Fsp3) is 0.846. The van der Waals surface area contributed by atoms with Gasteiger partial charge in [0.15, 0.2) is 0 Å². The van der Waals surface area contributed by atoms with Gasteiger partial charge < -0.3 is 20.5 Å². The summed E-state index contributed by atoms with van der Waals surface area (Å²) in [5.41, 5.74) is 0. The van der Waals surface area contributed by atoms with Gasteiger partial charge in [-0.15, -0.1) is 0 Å². The van der Waals surface area contributed by atoms with Crippen LogP contribution in [0.2, 0.25) is 0 Å². The zero-order chi connectivity index (χ0) is 13.8. The van der Waals surface area contributed by atoms with Gasteiger partial charge in [-0.05, 0) is 31.2 Å². The maximum Gasteiger partial charge on any atom is 0.326 e. The number of ether oxygens (including phenoxy) is 1. The molecule has 0 aromatic rings. The van der Waals surface area contributed by atoms with E-state index in [9.17, 15) is 9.59 Å². The van der Waals surface area contributed by atoms with Gasteiger partial charge in [-0.3, -0.25) is 4.79 Å². The molecular formula is C13H22N2O4. The van der Waals surface area contributed by atoms with Gasteiger partial charge in [-0.1, -0.05) is 6.42 Å². The zero-order valence-electron chi connectivity index (χ0n) is 11.2. The van der Waals surface area contributed by atoms with Crippen molar-refractivity contribution < 1.29 is 19.4 Å². The summed E-state index contributed by atoms with van der Waals surface area (Å²) in [6.07, 6.45) is 3.70. The van der Waals surface area contributed by atoms with Crippen LogP contribution in [0.4, 0.5) is 0 Å². The number of carbonyl (C=O) groups is 2. The molecule has 0 spiro atoms. The molecule has 0 aromatic carbocycles. The van der Waals surface area contributed by atoms with Gasteiger partial charge in [0.2, 0.25) is 5.91 Å². The molecule has 1 saturated carbocycles. The van der Waals surface area contributed by atoms with Crippen LogP contribution in [-0.2, 0) is 14.3 Å². The van der Waals surface area contributed by atoms with Crippen molar-refractivity contribution in [1.29, 1.82) is 0 Å². The lowest BCUT2D eigenvalue weighted by Gasteiger charge is -2.21. The number of rotatable bonds is 6. The van der Waals surface area contributed by atoms with Gasteiger partial charge in [0, 0.05) is 20.1 Å². The summed E-state index contributed by atoms with van der Waals surface area (Å²) >= 11 is 0. The van der Waals surface area contributed by atoms with Gasteiger partial charge in [-0.25, -0.2) is 4.79 Å². The third kappa shape index (κ3) is 3.25. The number of hydrogen-bond acceptors (Lipinski definition) is 4. The molecule has 2 fully saturated rings. The summed E-state index contributed by atoms with van der Waals surface area (Å²) < 4.78 is 4.87. The molecule has 108 valence electrons. The number of hydrogen-bond donors (Lipinski definition) is 3. The highest BCUT2D eigenvalue weighted by atomic mass is 16.5. The topological polar surface area (TPSA) is 87.7 Å². The van der Waals surface area contributed by atoms with Crippen LogP contribution in [0.1, 0.15) is 25.7 Å². The van der Waals surface area contributed by atoms with E-state index >= 15 is 0 Å². The largest absolute Gasteiger partial charge is 0.480 e. The van der Waals surface area contributed by atoms with E-state index < -0.39 is 12.0 Å². The van der Waals surface area contributed by atoms with Crippen LogP contribution in [0.5, 0.6) is 0 Å². The molecule has 0 bridgehead atoms. The molecule has 1 aliphatic heterocycles. The van der Waals surface area contributed by atoms with Crippen LogP contribution >= 0.6 is 0 Å². The van der Waals surface area contributed by atoms with E-state index in [1.54, 1.807) is 0 Å². The minimum absolute atomic E-state index is 0.182. The smallest absolute Gasteiger partial charge is 0.326 e. The molecule has 1 amide bonds. The number of methoxy groups -OCH3 is 1. The normalized spacial score (nSPS) is 30.9. The molecule has 4 unspecified atom stereocenters. The van der Waals surface area contributed by atoms with Gasteiger partial charge in [0.05, 0.1) is 6.04 Å². The highest BCUT2D eigenvalue weighted by Crippen LogP contribution is 2.37. The molecule has 4 atom stereocenters. The Morgan fingerprint density at radius 3 is 2.95 bits per heavy atom. The fourth-order valence-electron chi connectivity index (χ4n) is 3.23. The summed E-state index contributed by atoms with van der Waals surface area (Å²) in [5, 5.41) is 14.9. The molecule has 0 aromatic heterocycles. The first-order chi connectivity index (χ1) is 9.13. The summed E-state index contributed by atoms with van der Waals surface area (Å²) in [5.74, 6) is -0.237. The molecular weight excluding hydrogens is 248 g/mol. The average molecular weight is 270 g/mol. The quantitative estimate of drug-likeness (QED) is 0.631. The van der Waals surface area contributed by atoms with E-state index in [1.165, 1.54) is 20.0 Å².